The van der Waals surface area contributed by atoms with Crippen LogP contribution in [0.25, 0.3) is 155 Å². The molecule has 0 saturated carbocycles. The zero-order valence-electron chi connectivity index (χ0n) is 53.6. The Labute approximate surface area is 559 Å². The van der Waals surface area contributed by atoms with E-state index in [2.05, 4.69) is 329 Å². The van der Waals surface area contributed by atoms with E-state index in [1.807, 2.05) is 22.7 Å². The third kappa shape index (κ3) is 7.97. The van der Waals surface area contributed by atoms with E-state index >= 15 is 0 Å². The number of nitrogens with zero attached hydrogens (tertiary/aromatic N) is 3. The topological polar surface area (TPSA) is 11.4 Å². The summed E-state index contributed by atoms with van der Waals surface area (Å²) >= 11 is 3.86. The fourth-order valence-electron chi connectivity index (χ4n) is 16.4. The summed E-state index contributed by atoms with van der Waals surface area (Å²) in [7, 11) is 0. The first-order valence-corrected chi connectivity index (χ1v) is 34.8. The molecule has 2 aliphatic carbocycles. The molecule has 0 amide bonds. The number of thiophene rings is 2. The maximum absolute atomic E-state index is 2.65. The maximum atomic E-state index is 2.65. The molecule has 0 bridgehead atoms. The van der Waals surface area contributed by atoms with Gasteiger partial charge in [-0.3, -0.25) is 0 Å². The van der Waals surface area contributed by atoms with Crippen molar-refractivity contribution in [3.63, 3.8) is 0 Å². The van der Waals surface area contributed by atoms with Crippen molar-refractivity contribution in [2.45, 2.75) is 52.4 Å². The quantitative estimate of drug-likeness (QED) is 0.147. The van der Waals surface area contributed by atoms with Crippen molar-refractivity contribution in [3.05, 3.63) is 284 Å². The Morgan fingerprint density at radius 1 is 0.274 bits per heavy atom. The van der Waals surface area contributed by atoms with Crippen LogP contribution >= 0.6 is 22.7 Å². The van der Waals surface area contributed by atoms with Crippen LogP contribution in [0.1, 0.15) is 52.7 Å². The first kappa shape index (κ1) is 54.7. The molecule has 0 atom stereocenters. The van der Waals surface area contributed by atoms with Gasteiger partial charge in [0.2, 0.25) is 0 Å². The van der Waals surface area contributed by atoms with E-state index < -0.39 is 0 Å². The van der Waals surface area contributed by atoms with Gasteiger partial charge in [-0.1, -0.05) is 230 Å². The fourth-order valence-corrected chi connectivity index (χ4v) is 18.9. The Bertz CT molecular complexity index is 6360. The molecule has 0 fully saturated rings. The maximum Gasteiger partial charge on any atom is 0.0661 e. The van der Waals surface area contributed by atoms with E-state index in [9.17, 15) is 0 Å². The normalized spacial score (nSPS) is 12.7. The van der Waals surface area contributed by atoms with Gasteiger partial charge in [-0.25, -0.2) is 0 Å². The lowest BCUT2D eigenvalue weighted by molar-refractivity contribution is 0.590. The van der Waals surface area contributed by atoms with Gasteiger partial charge in [0.05, 0.1) is 27.1 Å². The average molecular weight is 1250 g/mol. The molecule has 15 aromatic carbocycles. The highest BCUT2D eigenvalue weighted by atomic mass is 32.1. The molecule has 0 N–H and O–H groups in total. The Balaban J connectivity index is 0.960. The summed E-state index contributed by atoms with van der Waals surface area (Å²) in [4.78, 5) is 5.20. The van der Waals surface area contributed by atoms with Crippen LogP contribution in [0.2, 0.25) is 0 Å². The van der Waals surface area contributed by atoms with Crippen LogP contribution < -0.4 is 9.80 Å². The van der Waals surface area contributed by atoms with Gasteiger partial charge in [0.15, 0.2) is 0 Å². The van der Waals surface area contributed by atoms with Gasteiger partial charge in [-0.15, -0.1) is 22.7 Å². The highest BCUT2D eigenvalue weighted by molar-refractivity contribution is 7.27. The molecule has 0 unspecified atom stereocenters. The van der Waals surface area contributed by atoms with E-state index in [4.69, 9.17) is 0 Å². The summed E-state index contributed by atoms with van der Waals surface area (Å²) in [5, 5.41) is 17.6. The number of hydrogen-bond acceptors (Lipinski definition) is 4. The smallest absolute Gasteiger partial charge is 0.0661 e. The van der Waals surface area contributed by atoms with E-state index in [1.54, 1.807) is 0 Å². The van der Waals surface area contributed by atoms with Crippen molar-refractivity contribution < 1.29 is 0 Å². The minimum atomic E-state index is -0.0387. The number of anilines is 6. The molecule has 20 rings (SSSR count). The molecular formula is C90H63N3S2. The molecule has 450 valence electrons. The molecule has 3 aromatic heterocycles. The van der Waals surface area contributed by atoms with Gasteiger partial charge < -0.3 is 14.4 Å². The molecule has 3 nitrogen and oxygen atoms in total. The minimum absolute atomic E-state index is 0.0361. The zero-order valence-corrected chi connectivity index (χ0v) is 55.3. The molecule has 18 aromatic rings. The van der Waals surface area contributed by atoms with Gasteiger partial charge in [0.1, 0.15) is 0 Å². The first-order valence-electron chi connectivity index (χ1n) is 33.2. The van der Waals surface area contributed by atoms with Crippen LogP contribution in [0.5, 0.6) is 0 Å². The third-order valence-corrected chi connectivity index (χ3v) is 23.2. The van der Waals surface area contributed by atoms with Crippen LogP contribution in [0.15, 0.2) is 273 Å². The van der Waals surface area contributed by atoms with Crippen LogP contribution in [0.4, 0.5) is 34.1 Å². The molecule has 2 aliphatic rings. The van der Waals surface area contributed by atoms with E-state index in [1.165, 1.54) is 150 Å². The van der Waals surface area contributed by atoms with Crippen molar-refractivity contribution in [3.8, 4) is 50.2 Å². The number of fused-ring (bicyclic) bond motifs is 20. The van der Waals surface area contributed by atoms with Crippen LogP contribution in [-0.4, -0.2) is 4.57 Å². The minimum Gasteiger partial charge on any atom is -0.310 e. The number of benzene rings is 15. The van der Waals surface area contributed by atoms with Crippen LogP contribution in [-0.2, 0) is 10.8 Å². The Kier molecular flexibility index (Phi) is 11.4. The van der Waals surface area contributed by atoms with Crippen LogP contribution in [0, 0.1) is 0 Å². The molecule has 3 heterocycles. The standard InChI is InChI=1S/C90H63N3S2/c1-89(2,3)56-35-39-58(40-36-56)91(61-46-54-20-17-29-69-65-23-9-11-25-67(65)73(48-61)81(54)69)75-50-77-86(88-83(75)71-27-13-15-31-79(71)95-88)85-76(93(77)60-43-44-64-53(45-60)34-33-52-19-7-8-22-63(52)64)51-78(87-84(85)72-28-14-16-32-80(72)94-87)92(59-41-37-57(38-42-59)90(4,5)6)62-47-55-21-18-30-70-66-24-10-12-26-68(66)74(49-62)82(55)70/h7-51H,1-6H3. The largest absolute Gasteiger partial charge is 0.310 e. The van der Waals surface area contributed by atoms with Gasteiger partial charge in [0, 0.05) is 74.9 Å². The summed E-state index contributed by atoms with van der Waals surface area (Å²) in [6.45, 7) is 13.9. The number of rotatable bonds is 7. The molecule has 0 aliphatic heterocycles. The Hall–Kier alpha value is -10.8. The van der Waals surface area contributed by atoms with Gasteiger partial charge in [-0.05, 0) is 194 Å². The van der Waals surface area contributed by atoms with Crippen molar-refractivity contribution in [1.29, 1.82) is 0 Å². The van der Waals surface area contributed by atoms with Gasteiger partial charge in [0.25, 0.3) is 0 Å². The van der Waals surface area contributed by atoms with Gasteiger partial charge >= 0.3 is 0 Å². The van der Waals surface area contributed by atoms with Crippen molar-refractivity contribution in [2.75, 3.05) is 9.80 Å². The second-order valence-corrected chi connectivity index (χ2v) is 30.5. The average Bonchev–Trinajstić information content (AvgIpc) is 1.53. The molecule has 95 heavy (non-hydrogen) atoms. The summed E-state index contributed by atoms with van der Waals surface area (Å²) in [5.74, 6) is 0. The molecule has 5 heteroatoms. The van der Waals surface area contributed by atoms with Gasteiger partial charge in [-0.2, -0.15) is 0 Å². The highest BCUT2D eigenvalue weighted by Crippen LogP contribution is 2.58. The Morgan fingerprint density at radius 3 is 1.29 bits per heavy atom. The second kappa shape index (κ2) is 19.9. The lowest BCUT2D eigenvalue weighted by Crippen LogP contribution is -2.13. The monoisotopic (exact) mass is 1250 g/mol. The number of aromatic nitrogens is 1. The zero-order chi connectivity index (χ0) is 63.3. The summed E-state index contributed by atoms with van der Waals surface area (Å²) in [5.41, 5.74) is 23.0. The summed E-state index contributed by atoms with van der Waals surface area (Å²) < 4.78 is 7.69. The lowest BCUT2D eigenvalue weighted by atomic mass is 9.87. The molecular weight excluding hydrogens is 1190 g/mol. The van der Waals surface area contributed by atoms with Crippen LogP contribution in [0.3, 0.4) is 0 Å². The highest BCUT2D eigenvalue weighted by Gasteiger charge is 2.33. The third-order valence-electron chi connectivity index (χ3n) is 20.9. The van der Waals surface area contributed by atoms with E-state index in [0.717, 1.165) is 50.8 Å². The molecule has 0 saturated heterocycles. The Morgan fingerprint density at radius 2 is 0.716 bits per heavy atom. The lowest BCUT2D eigenvalue weighted by Gasteiger charge is -2.29. The first-order chi connectivity index (χ1) is 46.4. The van der Waals surface area contributed by atoms with Crippen molar-refractivity contribution in [2.24, 2.45) is 0 Å². The predicted octanol–water partition coefficient (Wildman–Crippen LogP) is 27.0. The fraction of sp³-hybridized carbons (Fsp3) is 0.0889. The molecule has 0 spiro atoms. The van der Waals surface area contributed by atoms with Crippen molar-refractivity contribution >= 4 is 162 Å². The summed E-state index contributed by atoms with van der Waals surface area (Å²) in [6.07, 6.45) is 0. The summed E-state index contributed by atoms with van der Waals surface area (Å²) in [6, 6.07) is 105. The van der Waals surface area contributed by atoms with E-state index in [-0.39, 0.29) is 10.8 Å². The predicted molar refractivity (Wildman–Crippen MR) is 412 cm³/mol. The van der Waals surface area contributed by atoms with E-state index in [0.29, 0.717) is 0 Å². The SMILES string of the molecule is CC(C)(C)c1ccc(N(c2cc3c4c(cccc4c2)-c2ccccc2-3)c2cc3c(c4c2sc2ccccc24)c2c4sc5ccccc5c4c(N(c4ccc(C(C)(C)C)cc4)c4cc5c6c(cccc6c4)-c4ccccc4-5)cc2n3-c2ccc3c(ccc4ccccc43)c2)cc1. The number of hydrogen-bond donors (Lipinski definition) is 0. The second-order valence-electron chi connectivity index (χ2n) is 28.4. The molecule has 0 radical (unpaired) electrons. The van der Waals surface area contributed by atoms with Crippen molar-refractivity contribution in [1.82, 2.24) is 4.57 Å².